The van der Waals surface area contributed by atoms with Crippen molar-refractivity contribution >= 4 is 5.97 Å². The van der Waals surface area contributed by atoms with Crippen molar-refractivity contribution in [3.8, 4) is 28.4 Å². The molecule has 1 N–H and O–H groups in total. The lowest BCUT2D eigenvalue weighted by Gasteiger charge is -2.20. The maximum atomic E-state index is 12.1. The van der Waals surface area contributed by atoms with Gasteiger partial charge in [0, 0.05) is 22.4 Å². The lowest BCUT2D eigenvalue weighted by atomic mass is 9.89. The minimum absolute atomic E-state index is 0.519. The Morgan fingerprint density at radius 2 is 1.83 bits per heavy atom. The van der Waals surface area contributed by atoms with E-state index in [2.05, 4.69) is 4.98 Å². The molecule has 0 saturated heterocycles. The predicted molar refractivity (Wildman–Crippen MR) is 114 cm³/mol. The summed E-state index contributed by atoms with van der Waals surface area (Å²) in [5.74, 6) is -0.293. The molecule has 3 aromatic rings. The number of carbonyl (C=O) groups is 1. The van der Waals surface area contributed by atoms with E-state index in [1.165, 1.54) is 0 Å². The fourth-order valence-corrected chi connectivity index (χ4v) is 3.59. The summed E-state index contributed by atoms with van der Waals surface area (Å²) in [6.07, 6.45) is 1.27. The Morgan fingerprint density at radius 3 is 2.45 bits per heavy atom. The van der Waals surface area contributed by atoms with Crippen LogP contribution in [0.2, 0.25) is 0 Å². The van der Waals surface area contributed by atoms with Crippen LogP contribution in [0.3, 0.4) is 0 Å². The van der Waals surface area contributed by atoms with Gasteiger partial charge in [-0.3, -0.25) is 4.79 Å². The fourth-order valence-electron chi connectivity index (χ4n) is 3.59. The molecule has 3 rings (SSSR count). The Bertz CT molecular complexity index is 1020. The number of aryl methyl sites for hydroxylation is 2. The number of rotatable bonds is 7. The van der Waals surface area contributed by atoms with E-state index in [0.29, 0.717) is 34.9 Å². The first-order chi connectivity index (χ1) is 14.0. The zero-order valence-electron chi connectivity index (χ0n) is 17.3. The summed E-state index contributed by atoms with van der Waals surface area (Å²) in [5, 5.41) is 9.92. The van der Waals surface area contributed by atoms with Crippen molar-refractivity contribution in [2.45, 2.75) is 39.5 Å². The first kappa shape index (κ1) is 20.5. The molecule has 1 atom stereocenters. The number of hydrogen-bond acceptors (Lipinski definition) is 4. The molecule has 0 aliphatic rings. The number of benzene rings is 2. The van der Waals surface area contributed by atoms with Gasteiger partial charge in [0.25, 0.3) is 0 Å². The van der Waals surface area contributed by atoms with Crippen LogP contribution in [0.5, 0.6) is 5.75 Å². The number of nitrogens with zero attached hydrogens (tertiary/aromatic N) is 2. The Labute approximate surface area is 171 Å². The van der Waals surface area contributed by atoms with Crippen LogP contribution in [0.1, 0.15) is 42.5 Å². The molecule has 2 aromatic carbocycles. The third kappa shape index (κ3) is 4.29. The standard InChI is InChI=1S/C24H26N2O3/c1-5-9-19(24(27)28)21-16(3)25-23(17-10-7-6-8-11-17)26-22(21)18-13-12-15(2)14-20(18)29-4/h6-8,10-14,19H,5,9H2,1-4H3,(H,27,28). The first-order valence-electron chi connectivity index (χ1n) is 9.78. The Morgan fingerprint density at radius 1 is 1.10 bits per heavy atom. The maximum absolute atomic E-state index is 12.1. The van der Waals surface area contributed by atoms with Crippen molar-refractivity contribution in [2.75, 3.05) is 7.11 Å². The fraction of sp³-hybridized carbons (Fsp3) is 0.292. The molecule has 5 heteroatoms. The third-order valence-electron chi connectivity index (χ3n) is 5.00. The lowest BCUT2D eigenvalue weighted by Crippen LogP contribution is -2.16. The number of carboxylic acid groups (broad SMARTS) is 1. The quantitative estimate of drug-likeness (QED) is 0.584. The number of aromatic nitrogens is 2. The van der Waals surface area contributed by atoms with E-state index in [1.807, 2.05) is 69.3 Å². The molecule has 5 nitrogen and oxygen atoms in total. The van der Waals surface area contributed by atoms with Crippen LogP contribution >= 0.6 is 0 Å². The average molecular weight is 390 g/mol. The van der Waals surface area contributed by atoms with Crippen LogP contribution in [-0.4, -0.2) is 28.2 Å². The zero-order chi connectivity index (χ0) is 21.0. The summed E-state index contributed by atoms with van der Waals surface area (Å²) in [7, 11) is 1.62. The highest BCUT2D eigenvalue weighted by Gasteiger charge is 2.28. The lowest BCUT2D eigenvalue weighted by molar-refractivity contribution is -0.139. The van der Waals surface area contributed by atoms with Crippen LogP contribution in [0, 0.1) is 13.8 Å². The van der Waals surface area contributed by atoms with E-state index in [9.17, 15) is 9.90 Å². The third-order valence-corrected chi connectivity index (χ3v) is 5.00. The van der Waals surface area contributed by atoms with Crippen molar-refractivity contribution in [1.29, 1.82) is 0 Å². The van der Waals surface area contributed by atoms with Gasteiger partial charge in [0.1, 0.15) is 5.75 Å². The number of hydrogen-bond donors (Lipinski definition) is 1. The molecular weight excluding hydrogens is 364 g/mol. The van der Waals surface area contributed by atoms with Gasteiger partial charge in [0.05, 0.1) is 18.7 Å². The van der Waals surface area contributed by atoms with Gasteiger partial charge in [-0.15, -0.1) is 0 Å². The molecule has 1 unspecified atom stereocenters. The summed E-state index contributed by atoms with van der Waals surface area (Å²) >= 11 is 0. The molecule has 0 spiro atoms. The van der Waals surface area contributed by atoms with Gasteiger partial charge in [-0.1, -0.05) is 49.7 Å². The van der Waals surface area contributed by atoms with E-state index in [0.717, 1.165) is 23.1 Å². The molecule has 0 aliphatic heterocycles. The molecule has 0 radical (unpaired) electrons. The Kier molecular flexibility index (Phi) is 6.27. The number of aliphatic carboxylic acids is 1. The van der Waals surface area contributed by atoms with Gasteiger partial charge >= 0.3 is 5.97 Å². The second kappa shape index (κ2) is 8.86. The summed E-state index contributed by atoms with van der Waals surface area (Å²) in [6.45, 7) is 5.83. The van der Waals surface area contributed by atoms with Crippen molar-refractivity contribution in [3.63, 3.8) is 0 Å². The molecule has 1 aromatic heterocycles. The smallest absolute Gasteiger partial charge is 0.311 e. The van der Waals surface area contributed by atoms with Gasteiger partial charge in [-0.25, -0.2) is 9.97 Å². The van der Waals surface area contributed by atoms with Gasteiger partial charge in [-0.05, 0) is 38.0 Å². The highest BCUT2D eigenvalue weighted by molar-refractivity contribution is 5.82. The molecule has 0 amide bonds. The van der Waals surface area contributed by atoms with Crippen molar-refractivity contribution in [3.05, 3.63) is 65.4 Å². The molecule has 0 bridgehead atoms. The van der Waals surface area contributed by atoms with Gasteiger partial charge < -0.3 is 9.84 Å². The van der Waals surface area contributed by atoms with Crippen molar-refractivity contribution in [1.82, 2.24) is 9.97 Å². The van der Waals surface area contributed by atoms with E-state index in [-0.39, 0.29) is 0 Å². The SMILES string of the molecule is CCCC(C(=O)O)c1c(C)nc(-c2ccccc2)nc1-c1ccc(C)cc1OC. The molecule has 150 valence electrons. The van der Waals surface area contributed by atoms with E-state index < -0.39 is 11.9 Å². The molecule has 29 heavy (non-hydrogen) atoms. The summed E-state index contributed by atoms with van der Waals surface area (Å²) in [4.78, 5) is 21.6. The zero-order valence-corrected chi connectivity index (χ0v) is 17.3. The number of ether oxygens (including phenoxy) is 1. The molecule has 1 heterocycles. The number of methoxy groups -OCH3 is 1. The van der Waals surface area contributed by atoms with Crippen LogP contribution in [0.25, 0.3) is 22.6 Å². The van der Waals surface area contributed by atoms with E-state index in [1.54, 1.807) is 7.11 Å². The largest absolute Gasteiger partial charge is 0.496 e. The Hall–Kier alpha value is -3.21. The highest BCUT2D eigenvalue weighted by atomic mass is 16.5. The summed E-state index contributed by atoms with van der Waals surface area (Å²) in [5.41, 5.74) is 4.67. The minimum atomic E-state index is -0.863. The second-order valence-electron chi connectivity index (χ2n) is 7.14. The molecule has 0 aliphatic carbocycles. The molecule has 0 saturated carbocycles. The second-order valence-corrected chi connectivity index (χ2v) is 7.14. The van der Waals surface area contributed by atoms with E-state index >= 15 is 0 Å². The average Bonchev–Trinajstić information content (AvgIpc) is 2.72. The van der Waals surface area contributed by atoms with E-state index in [4.69, 9.17) is 9.72 Å². The Balaban J connectivity index is 2.33. The highest BCUT2D eigenvalue weighted by Crippen LogP contribution is 2.38. The van der Waals surface area contributed by atoms with Crippen molar-refractivity contribution < 1.29 is 14.6 Å². The minimum Gasteiger partial charge on any atom is -0.496 e. The van der Waals surface area contributed by atoms with Crippen LogP contribution in [-0.2, 0) is 4.79 Å². The normalized spacial score (nSPS) is 11.9. The number of carboxylic acids is 1. The predicted octanol–water partition coefficient (Wildman–Crippen LogP) is 5.40. The summed E-state index contributed by atoms with van der Waals surface area (Å²) in [6, 6.07) is 15.6. The van der Waals surface area contributed by atoms with Crippen molar-refractivity contribution in [2.24, 2.45) is 0 Å². The maximum Gasteiger partial charge on any atom is 0.311 e. The van der Waals surface area contributed by atoms with Crippen LogP contribution < -0.4 is 4.74 Å². The first-order valence-corrected chi connectivity index (χ1v) is 9.78. The summed E-state index contributed by atoms with van der Waals surface area (Å²) < 4.78 is 5.61. The molecule has 0 fully saturated rings. The molecular formula is C24H26N2O3. The topological polar surface area (TPSA) is 72.3 Å². The van der Waals surface area contributed by atoms with Gasteiger partial charge in [-0.2, -0.15) is 0 Å². The van der Waals surface area contributed by atoms with Crippen LogP contribution in [0.15, 0.2) is 48.5 Å². The van der Waals surface area contributed by atoms with Gasteiger partial charge in [0.2, 0.25) is 0 Å². The van der Waals surface area contributed by atoms with Gasteiger partial charge in [0.15, 0.2) is 5.82 Å². The van der Waals surface area contributed by atoms with Crippen LogP contribution in [0.4, 0.5) is 0 Å². The monoisotopic (exact) mass is 390 g/mol.